The molecule has 0 saturated heterocycles. The van der Waals surface area contributed by atoms with Gasteiger partial charge >= 0.3 is 0 Å². The summed E-state index contributed by atoms with van der Waals surface area (Å²) in [5.41, 5.74) is 3.80. The van der Waals surface area contributed by atoms with Crippen LogP contribution in [0.5, 0.6) is 0 Å². The lowest BCUT2D eigenvalue weighted by Crippen LogP contribution is -2.21. The zero-order chi connectivity index (χ0) is 15.4. The molecule has 3 heteroatoms. The fraction of sp³-hybridized carbons (Fsp3) is 0.333. The molecule has 0 unspecified atom stereocenters. The molecule has 0 bridgehead atoms. The molecule has 0 aliphatic heterocycles. The summed E-state index contributed by atoms with van der Waals surface area (Å²) < 4.78 is 0. The van der Waals surface area contributed by atoms with Crippen molar-refractivity contribution in [1.29, 1.82) is 0 Å². The molecular weight excluding hydrogens is 298 g/mol. The highest BCUT2D eigenvalue weighted by atomic mass is 35.5. The van der Waals surface area contributed by atoms with Crippen LogP contribution in [0.25, 0.3) is 0 Å². The first-order chi connectivity index (χ1) is 9.95. The van der Waals surface area contributed by atoms with Gasteiger partial charge in [-0.25, -0.2) is 0 Å². The molecule has 2 rings (SSSR count). The van der Waals surface area contributed by atoms with E-state index in [-0.39, 0.29) is 0 Å². The van der Waals surface area contributed by atoms with E-state index in [0.717, 1.165) is 17.1 Å². The highest BCUT2D eigenvalue weighted by Crippen LogP contribution is 2.31. The minimum atomic E-state index is 0.464. The monoisotopic (exact) mass is 319 g/mol. The van der Waals surface area contributed by atoms with Gasteiger partial charge in [-0.3, -0.25) is 0 Å². The molecule has 0 aliphatic carbocycles. The lowest BCUT2D eigenvalue weighted by molar-refractivity contribution is 0.589. The van der Waals surface area contributed by atoms with E-state index >= 15 is 0 Å². The van der Waals surface area contributed by atoms with Crippen molar-refractivity contribution in [2.24, 2.45) is 0 Å². The molecule has 0 fully saturated rings. The van der Waals surface area contributed by atoms with Crippen LogP contribution in [0.15, 0.2) is 46.2 Å². The Balaban J connectivity index is 2.10. The third-order valence-corrected chi connectivity index (χ3v) is 4.77. The van der Waals surface area contributed by atoms with Crippen molar-refractivity contribution in [3.05, 3.63) is 58.1 Å². The molecule has 21 heavy (non-hydrogen) atoms. The molecule has 0 heterocycles. The van der Waals surface area contributed by atoms with Gasteiger partial charge in [-0.15, -0.1) is 0 Å². The largest absolute Gasteiger partial charge is 0.310 e. The molecule has 0 aromatic heterocycles. The molecule has 2 aromatic rings. The van der Waals surface area contributed by atoms with Gasteiger partial charge in [0.15, 0.2) is 0 Å². The topological polar surface area (TPSA) is 12.0 Å². The molecule has 0 saturated carbocycles. The first-order valence-corrected chi connectivity index (χ1v) is 8.42. The van der Waals surface area contributed by atoms with Crippen LogP contribution in [0.3, 0.4) is 0 Å². The molecule has 112 valence electrons. The average molecular weight is 320 g/mol. The van der Waals surface area contributed by atoms with Crippen molar-refractivity contribution in [2.75, 3.05) is 0 Å². The van der Waals surface area contributed by atoms with Gasteiger partial charge in [-0.2, -0.15) is 0 Å². The summed E-state index contributed by atoms with van der Waals surface area (Å²) in [5, 5.41) is 4.22. The molecule has 0 spiro atoms. The molecular formula is C18H22ClNS. The van der Waals surface area contributed by atoms with E-state index < -0.39 is 0 Å². The Morgan fingerprint density at radius 2 is 1.67 bits per heavy atom. The van der Waals surface area contributed by atoms with Gasteiger partial charge < -0.3 is 5.32 Å². The Kier molecular flexibility index (Phi) is 5.74. The van der Waals surface area contributed by atoms with Gasteiger partial charge in [-0.05, 0) is 54.8 Å². The first kappa shape index (κ1) is 16.4. The summed E-state index contributed by atoms with van der Waals surface area (Å²) in [6, 6.07) is 13.3. The molecule has 2 aromatic carbocycles. The van der Waals surface area contributed by atoms with Crippen molar-refractivity contribution >= 4 is 23.4 Å². The van der Waals surface area contributed by atoms with Crippen molar-refractivity contribution in [2.45, 2.75) is 50.1 Å². The van der Waals surface area contributed by atoms with Crippen LogP contribution in [0.1, 0.15) is 30.5 Å². The van der Waals surface area contributed by atoms with Gasteiger partial charge in [0.1, 0.15) is 0 Å². The van der Waals surface area contributed by atoms with Crippen LogP contribution in [0.2, 0.25) is 5.02 Å². The Labute approximate surface area is 137 Å². The van der Waals surface area contributed by atoms with Crippen molar-refractivity contribution < 1.29 is 0 Å². The standard InChI is InChI=1S/C18H22ClNS/c1-12(2)20-11-15-6-8-17(10-18(15)19)21-16-7-5-13(3)14(4)9-16/h5-10,12,20H,11H2,1-4H3. The predicted octanol–water partition coefficient (Wildman–Crippen LogP) is 5.61. The third kappa shape index (κ3) is 4.77. The fourth-order valence-electron chi connectivity index (χ4n) is 1.96. The maximum absolute atomic E-state index is 6.38. The minimum Gasteiger partial charge on any atom is -0.310 e. The van der Waals surface area contributed by atoms with Crippen LogP contribution < -0.4 is 5.32 Å². The highest BCUT2D eigenvalue weighted by molar-refractivity contribution is 7.99. The number of rotatable bonds is 5. The van der Waals surface area contributed by atoms with E-state index in [1.165, 1.54) is 20.9 Å². The van der Waals surface area contributed by atoms with E-state index in [2.05, 4.69) is 69.4 Å². The second kappa shape index (κ2) is 7.35. The zero-order valence-corrected chi connectivity index (χ0v) is 14.6. The molecule has 0 aliphatic rings. The molecule has 1 N–H and O–H groups in total. The lowest BCUT2D eigenvalue weighted by Gasteiger charge is -2.11. The fourth-order valence-corrected chi connectivity index (χ4v) is 3.23. The van der Waals surface area contributed by atoms with Crippen LogP contribution in [0.4, 0.5) is 0 Å². The summed E-state index contributed by atoms with van der Waals surface area (Å²) >= 11 is 8.14. The highest BCUT2D eigenvalue weighted by Gasteiger charge is 2.05. The van der Waals surface area contributed by atoms with E-state index in [9.17, 15) is 0 Å². The van der Waals surface area contributed by atoms with Crippen molar-refractivity contribution in [3.8, 4) is 0 Å². The predicted molar refractivity (Wildman–Crippen MR) is 93.5 cm³/mol. The van der Waals surface area contributed by atoms with Gasteiger partial charge in [0.2, 0.25) is 0 Å². The van der Waals surface area contributed by atoms with Crippen LogP contribution >= 0.6 is 23.4 Å². The number of hydrogen-bond acceptors (Lipinski definition) is 2. The van der Waals surface area contributed by atoms with E-state index in [4.69, 9.17) is 11.6 Å². The molecule has 0 atom stereocenters. The molecule has 1 nitrogen and oxygen atoms in total. The minimum absolute atomic E-state index is 0.464. The SMILES string of the molecule is Cc1ccc(Sc2ccc(CNC(C)C)c(Cl)c2)cc1C. The second-order valence-corrected chi connectivity index (χ2v) is 7.19. The Hall–Kier alpha value is -0.960. The summed E-state index contributed by atoms with van der Waals surface area (Å²) in [4.78, 5) is 2.43. The van der Waals surface area contributed by atoms with E-state index in [0.29, 0.717) is 6.04 Å². The van der Waals surface area contributed by atoms with Gasteiger partial charge in [0.05, 0.1) is 0 Å². The average Bonchev–Trinajstić information content (AvgIpc) is 2.42. The Bertz CT molecular complexity index is 623. The smallest absolute Gasteiger partial charge is 0.0462 e. The third-order valence-electron chi connectivity index (χ3n) is 3.44. The van der Waals surface area contributed by atoms with Crippen molar-refractivity contribution in [1.82, 2.24) is 5.32 Å². The number of halogens is 1. The molecule has 0 amide bonds. The summed E-state index contributed by atoms with van der Waals surface area (Å²) in [6.45, 7) is 9.37. The van der Waals surface area contributed by atoms with Gasteiger partial charge in [0.25, 0.3) is 0 Å². The number of benzene rings is 2. The van der Waals surface area contributed by atoms with E-state index in [1.807, 2.05) is 0 Å². The quantitative estimate of drug-likeness (QED) is 0.769. The Morgan fingerprint density at radius 1 is 1.00 bits per heavy atom. The maximum atomic E-state index is 6.38. The number of hydrogen-bond donors (Lipinski definition) is 1. The van der Waals surface area contributed by atoms with Gasteiger partial charge in [0, 0.05) is 27.4 Å². The first-order valence-electron chi connectivity index (χ1n) is 7.22. The zero-order valence-electron chi connectivity index (χ0n) is 13.0. The Morgan fingerprint density at radius 3 is 2.29 bits per heavy atom. The normalized spacial score (nSPS) is 11.1. The van der Waals surface area contributed by atoms with Crippen molar-refractivity contribution in [3.63, 3.8) is 0 Å². The summed E-state index contributed by atoms with van der Waals surface area (Å²) in [6.07, 6.45) is 0. The van der Waals surface area contributed by atoms with Crippen LogP contribution in [-0.4, -0.2) is 6.04 Å². The summed E-state index contributed by atoms with van der Waals surface area (Å²) in [7, 11) is 0. The number of nitrogens with one attached hydrogen (secondary N) is 1. The van der Waals surface area contributed by atoms with E-state index in [1.54, 1.807) is 11.8 Å². The lowest BCUT2D eigenvalue weighted by atomic mass is 10.1. The second-order valence-electron chi connectivity index (χ2n) is 5.64. The van der Waals surface area contributed by atoms with Gasteiger partial charge in [-0.1, -0.05) is 49.3 Å². The number of aryl methyl sites for hydroxylation is 2. The summed E-state index contributed by atoms with van der Waals surface area (Å²) in [5.74, 6) is 0. The van der Waals surface area contributed by atoms with Crippen LogP contribution in [0, 0.1) is 13.8 Å². The molecule has 0 radical (unpaired) electrons. The van der Waals surface area contributed by atoms with Crippen LogP contribution in [-0.2, 0) is 6.54 Å². The maximum Gasteiger partial charge on any atom is 0.0462 e.